The van der Waals surface area contributed by atoms with Gasteiger partial charge in [-0.05, 0) is 24.3 Å². The van der Waals surface area contributed by atoms with Gasteiger partial charge >= 0.3 is 0 Å². The number of hydrogen-bond donors (Lipinski definition) is 1. The van der Waals surface area contributed by atoms with Gasteiger partial charge in [0.15, 0.2) is 5.82 Å². The molecule has 0 aliphatic rings. The lowest BCUT2D eigenvalue weighted by Crippen LogP contribution is -2.16. The minimum atomic E-state index is -4.09. The van der Waals surface area contributed by atoms with Crippen molar-refractivity contribution in [1.29, 1.82) is 0 Å². The number of para-hydroxylation sites is 1. The Morgan fingerprint density at radius 1 is 1.17 bits per heavy atom. The van der Waals surface area contributed by atoms with Crippen molar-refractivity contribution >= 4 is 27.3 Å². The zero-order valence-electron chi connectivity index (χ0n) is 8.97. The molecule has 1 aromatic carbocycles. The molecule has 18 heavy (non-hydrogen) atoms. The van der Waals surface area contributed by atoms with Crippen molar-refractivity contribution in [3.63, 3.8) is 0 Å². The van der Waals surface area contributed by atoms with Crippen LogP contribution in [0.2, 0.25) is 5.02 Å². The molecule has 7 heteroatoms. The molecule has 2 rings (SSSR count). The zero-order chi connectivity index (χ0) is 13.2. The van der Waals surface area contributed by atoms with Crippen LogP contribution in [0.4, 0.5) is 10.1 Å². The summed E-state index contributed by atoms with van der Waals surface area (Å²) >= 11 is 5.82. The third kappa shape index (κ3) is 2.60. The number of sulfonamides is 1. The van der Waals surface area contributed by atoms with Crippen molar-refractivity contribution in [2.75, 3.05) is 4.72 Å². The van der Waals surface area contributed by atoms with E-state index in [-0.39, 0.29) is 10.7 Å². The van der Waals surface area contributed by atoms with Crippen molar-refractivity contribution in [3.8, 4) is 0 Å². The summed E-state index contributed by atoms with van der Waals surface area (Å²) in [5, 5.41) is -0.442. The number of nitrogens with zero attached hydrogens (tertiary/aromatic N) is 1. The van der Waals surface area contributed by atoms with Crippen molar-refractivity contribution in [2.45, 2.75) is 5.03 Å². The van der Waals surface area contributed by atoms with Crippen LogP contribution in [0.25, 0.3) is 0 Å². The van der Waals surface area contributed by atoms with Crippen molar-refractivity contribution in [2.24, 2.45) is 0 Å². The first-order valence-corrected chi connectivity index (χ1v) is 6.75. The topological polar surface area (TPSA) is 59.1 Å². The minimum Gasteiger partial charge on any atom is -0.277 e. The molecule has 0 saturated carbocycles. The molecule has 0 aliphatic carbocycles. The van der Waals surface area contributed by atoms with Crippen molar-refractivity contribution in [3.05, 3.63) is 53.4 Å². The molecule has 0 amide bonds. The monoisotopic (exact) mass is 286 g/mol. The minimum absolute atomic E-state index is 0.171. The van der Waals surface area contributed by atoms with E-state index >= 15 is 0 Å². The van der Waals surface area contributed by atoms with Crippen LogP contribution in [-0.2, 0) is 10.0 Å². The number of nitrogens with one attached hydrogen (secondary N) is 1. The van der Waals surface area contributed by atoms with E-state index in [1.165, 1.54) is 24.4 Å². The van der Waals surface area contributed by atoms with Crippen LogP contribution in [0.15, 0.2) is 47.6 Å². The third-order valence-electron chi connectivity index (χ3n) is 2.10. The van der Waals surface area contributed by atoms with Gasteiger partial charge in [-0.1, -0.05) is 23.7 Å². The summed E-state index contributed by atoms with van der Waals surface area (Å²) in [5.74, 6) is -0.919. The van der Waals surface area contributed by atoms with Gasteiger partial charge in [-0.15, -0.1) is 0 Å². The van der Waals surface area contributed by atoms with Gasteiger partial charge in [0, 0.05) is 6.20 Å². The Balaban J connectivity index is 2.40. The largest absolute Gasteiger partial charge is 0.282 e. The first kappa shape index (κ1) is 12.8. The van der Waals surface area contributed by atoms with Gasteiger partial charge in [0.2, 0.25) is 5.03 Å². The second-order valence-electron chi connectivity index (χ2n) is 3.38. The summed E-state index contributed by atoms with van der Waals surface area (Å²) in [4.78, 5) is 3.51. The highest BCUT2D eigenvalue weighted by atomic mass is 35.5. The molecule has 0 atom stereocenters. The number of halogens is 2. The first-order chi connectivity index (χ1) is 8.50. The first-order valence-electron chi connectivity index (χ1n) is 4.88. The van der Waals surface area contributed by atoms with Gasteiger partial charge in [-0.3, -0.25) is 4.72 Å². The Morgan fingerprint density at radius 2 is 1.89 bits per heavy atom. The van der Waals surface area contributed by atoms with E-state index in [0.29, 0.717) is 0 Å². The van der Waals surface area contributed by atoms with E-state index in [9.17, 15) is 12.8 Å². The quantitative estimate of drug-likeness (QED) is 0.944. The van der Waals surface area contributed by atoms with Crippen LogP contribution in [0.1, 0.15) is 0 Å². The smallest absolute Gasteiger partial charge is 0.277 e. The van der Waals surface area contributed by atoms with Crippen LogP contribution in [-0.4, -0.2) is 13.4 Å². The predicted octanol–water partition coefficient (Wildman–Crippen LogP) is 2.67. The molecular weight excluding hydrogens is 279 g/mol. The standard InChI is InChI=1S/C11H8ClFN2O2S/c12-8-4-1-2-6-10(8)15-18(16,17)11-9(13)5-3-7-14-11/h1-7,15H. The molecule has 1 heterocycles. The maximum absolute atomic E-state index is 13.4. The molecule has 94 valence electrons. The normalized spacial score (nSPS) is 11.2. The average Bonchev–Trinajstić information content (AvgIpc) is 2.32. The number of aromatic nitrogens is 1. The Kier molecular flexibility index (Phi) is 3.49. The van der Waals surface area contributed by atoms with Gasteiger partial charge in [0.1, 0.15) is 0 Å². The molecule has 0 radical (unpaired) electrons. The fraction of sp³-hybridized carbons (Fsp3) is 0. The fourth-order valence-electron chi connectivity index (χ4n) is 1.31. The van der Waals surface area contributed by atoms with Gasteiger partial charge in [-0.25, -0.2) is 9.37 Å². The van der Waals surface area contributed by atoms with E-state index in [2.05, 4.69) is 9.71 Å². The summed E-state index contributed by atoms with van der Waals surface area (Å²) in [7, 11) is -4.09. The number of pyridine rings is 1. The summed E-state index contributed by atoms with van der Waals surface area (Å²) < 4.78 is 39.4. The van der Waals surface area contributed by atoms with E-state index in [0.717, 1.165) is 6.07 Å². The Hall–Kier alpha value is -1.66. The highest BCUT2D eigenvalue weighted by Gasteiger charge is 2.21. The molecule has 0 bridgehead atoms. The van der Waals surface area contributed by atoms with Crippen LogP contribution < -0.4 is 4.72 Å². The Morgan fingerprint density at radius 3 is 2.56 bits per heavy atom. The molecule has 1 N–H and O–H groups in total. The van der Waals surface area contributed by atoms with Crippen LogP contribution in [0.5, 0.6) is 0 Å². The maximum Gasteiger partial charge on any atom is 0.282 e. The van der Waals surface area contributed by atoms with Crippen molar-refractivity contribution in [1.82, 2.24) is 4.98 Å². The zero-order valence-corrected chi connectivity index (χ0v) is 10.5. The molecular formula is C11H8ClFN2O2S. The second kappa shape index (κ2) is 4.91. The SMILES string of the molecule is O=S(=O)(Nc1ccccc1Cl)c1ncccc1F. The highest BCUT2D eigenvalue weighted by Crippen LogP contribution is 2.23. The molecule has 0 aliphatic heterocycles. The second-order valence-corrected chi connectivity index (χ2v) is 5.38. The van der Waals surface area contributed by atoms with Gasteiger partial charge < -0.3 is 0 Å². The van der Waals surface area contributed by atoms with Gasteiger partial charge in [0.25, 0.3) is 10.0 Å². The van der Waals surface area contributed by atoms with Crippen LogP contribution >= 0.6 is 11.6 Å². The van der Waals surface area contributed by atoms with E-state index < -0.39 is 20.9 Å². The molecule has 2 aromatic rings. The molecule has 0 saturated heterocycles. The van der Waals surface area contributed by atoms with Crippen LogP contribution in [0.3, 0.4) is 0 Å². The lowest BCUT2D eigenvalue weighted by molar-refractivity contribution is 0.557. The lowest BCUT2D eigenvalue weighted by Gasteiger charge is -2.08. The maximum atomic E-state index is 13.4. The number of hydrogen-bond acceptors (Lipinski definition) is 3. The molecule has 0 unspecified atom stereocenters. The summed E-state index contributed by atoms with van der Waals surface area (Å²) in [6, 6.07) is 8.59. The fourth-order valence-corrected chi connectivity index (χ4v) is 2.63. The number of rotatable bonds is 3. The molecule has 0 fully saturated rings. The molecule has 1 aromatic heterocycles. The average molecular weight is 287 g/mol. The van der Waals surface area contributed by atoms with E-state index in [4.69, 9.17) is 11.6 Å². The van der Waals surface area contributed by atoms with Crippen molar-refractivity contribution < 1.29 is 12.8 Å². The summed E-state index contributed by atoms with van der Waals surface area (Å²) in [6.07, 6.45) is 1.20. The number of benzene rings is 1. The van der Waals surface area contributed by atoms with E-state index in [1.807, 2.05) is 0 Å². The summed E-state index contributed by atoms with van der Waals surface area (Å²) in [5.41, 5.74) is 0.171. The van der Waals surface area contributed by atoms with Crippen LogP contribution in [0, 0.1) is 5.82 Å². The van der Waals surface area contributed by atoms with Gasteiger partial charge in [0.05, 0.1) is 10.7 Å². The van der Waals surface area contributed by atoms with E-state index in [1.54, 1.807) is 12.1 Å². The Bertz CT molecular complexity index is 676. The Labute approximate surface area is 108 Å². The highest BCUT2D eigenvalue weighted by molar-refractivity contribution is 7.92. The third-order valence-corrected chi connectivity index (χ3v) is 3.73. The summed E-state index contributed by atoms with van der Waals surface area (Å²) in [6.45, 7) is 0. The lowest BCUT2D eigenvalue weighted by atomic mass is 10.3. The molecule has 4 nitrogen and oxygen atoms in total. The predicted molar refractivity (Wildman–Crippen MR) is 66.5 cm³/mol. The number of anilines is 1. The molecule has 0 spiro atoms. The van der Waals surface area contributed by atoms with Gasteiger partial charge in [-0.2, -0.15) is 8.42 Å².